The van der Waals surface area contributed by atoms with Crippen LogP contribution in [0.1, 0.15) is 162 Å². The van der Waals surface area contributed by atoms with E-state index in [1.54, 1.807) is 30.5 Å². The molecule has 1 aromatic carbocycles. The minimum Gasteiger partial charge on any atom is -0.394 e. The average Bonchev–Trinajstić information content (AvgIpc) is 1.76. The number of imidazole rings is 1. The molecule has 4 heterocycles. The van der Waals surface area contributed by atoms with Crippen LogP contribution in [0.5, 0.6) is 0 Å². The zero-order chi connectivity index (χ0) is 76.8. The van der Waals surface area contributed by atoms with Crippen LogP contribution in [0.2, 0.25) is 0 Å². The molecule has 0 aliphatic carbocycles. The molecule has 576 valence electrons. The van der Waals surface area contributed by atoms with Crippen molar-refractivity contribution in [3.05, 3.63) is 54.2 Å². The van der Waals surface area contributed by atoms with Gasteiger partial charge in [-0.25, -0.2) is 4.98 Å². The Morgan fingerprint density at radius 1 is 0.648 bits per heavy atom. The predicted octanol–water partition coefficient (Wildman–Crippen LogP) is -1.27. The number of aliphatic imine (C=N–C) groups is 2. The summed E-state index contributed by atoms with van der Waals surface area (Å²) in [7, 11) is 0. The number of unbranched alkanes of at least 4 members (excludes halogenated alkanes) is 3. The first-order valence-electron chi connectivity index (χ1n) is 36.5. The molecule has 35 nitrogen and oxygen atoms in total. The van der Waals surface area contributed by atoms with Gasteiger partial charge in [-0.3, -0.25) is 73.4 Å². The zero-order valence-electron chi connectivity index (χ0n) is 61.3. The van der Waals surface area contributed by atoms with E-state index in [9.17, 15) is 58.8 Å². The fourth-order valence-corrected chi connectivity index (χ4v) is 11.8. The molecule has 3 aromatic rings. The number of aromatic amines is 2. The summed E-state index contributed by atoms with van der Waals surface area (Å²) in [5, 5.41) is 69.5. The standard InChI is InChI=1S/C70H109N23O12/c1-8-10-27-76-69(81-39-71)78-30-16-22-49(87-66(103)56(38-94)92-64(101)54(34-45-36-80-48-20-13-12-19-47(45)48)90-65(102)55(35-46-37-74-41-83-46)91-62(99)51-25-26-58(95)85-51)60(97)86-50(23-17-31-79-70(82-40-72)77-28-11-9-2)61(98)89-53(33-42(3)4)63(100)88-52(21-14-15-29-75-43(5)6)68(105)93-32-18-24-57(93)67(104)84-44(7)59(73)96/h12-13,19-20,36-37,41-44,49-57,75,80,94H,8-11,14-18,21-35,38H2,1-7H3,(H2,73,96)(H,74,83)(H,84,104)(H,85,95)(H,86,97)(H,87,103)(H,88,100)(H,89,98)(H,90,102)(H,91,99)(H,92,101)(H2,76,78,81)(H2,77,79,82)/t44-,49+,50-,51+,52+,53+,54+,55+,56+,57+/m1/s1. The number of hydrogen-bond donors (Lipinski definition) is 18. The molecule has 0 spiro atoms. The number of nitrogens with zero attached hydrogens (tertiary/aromatic N) is 6. The molecule has 0 bridgehead atoms. The summed E-state index contributed by atoms with van der Waals surface area (Å²) in [5.41, 5.74) is 7.15. The number of hydrogen-bond acceptors (Lipinski definition) is 18. The first-order chi connectivity index (χ1) is 50.4. The zero-order valence-corrected chi connectivity index (χ0v) is 61.3. The second-order valence-corrected chi connectivity index (χ2v) is 26.9. The van der Waals surface area contributed by atoms with E-state index in [0.29, 0.717) is 61.1 Å². The van der Waals surface area contributed by atoms with Crippen LogP contribution in [0.15, 0.2) is 53.0 Å². The number of amides is 11. The van der Waals surface area contributed by atoms with Gasteiger partial charge in [0.2, 0.25) is 76.9 Å². The average molecular weight is 1460 g/mol. The van der Waals surface area contributed by atoms with Crippen LogP contribution in [0.25, 0.3) is 10.9 Å². The highest BCUT2D eigenvalue weighted by atomic mass is 16.3. The van der Waals surface area contributed by atoms with Gasteiger partial charge >= 0.3 is 0 Å². The Labute approximate surface area is 612 Å². The van der Waals surface area contributed by atoms with E-state index in [2.05, 4.69) is 99.4 Å². The highest BCUT2D eigenvalue weighted by Gasteiger charge is 2.41. The number of rotatable bonds is 45. The Kier molecular flexibility index (Phi) is 37.0. The number of H-pyrrole nitrogens is 2. The Morgan fingerprint density at radius 2 is 1.20 bits per heavy atom. The van der Waals surface area contributed by atoms with Gasteiger partial charge in [0.05, 0.1) is 12.9 Å². The predicted molar refractivity (Wildman–Crippen MR) is 390 cm³/mol. The summed E-state index contributed by atoms with van der Waals surface area (Å²) in [6.45, 7) is 13.7. The van der Waals surface area contributed by atoms with E-state index < -0.39 is 126 Å². The van der Waals surface area contributed by atoms with Crippen molar-refractivity contribution >= 4 is 87.8 Å². The molecular formula is C70H109N23O12. The lowest BCUT2D eigenvalue weighted by atomic mass is 10.0. The summed E-state index contributed by atoms with van der Waals surface area (Å²) < 4.78 is 0. The number of aliphatic hydroxyl groups excluding tert-OH is 1. The lowest BCUT2D eigenvalue weighted by molar-refractivity contribution is -0.142. The van der Waals surface area contributed by atoms with Crippen LogP contribution < -0.4 is 80.2 Å². The molecule has 2 aliphatic heterocycles. The molecule has 10 atom stereocenters. The number of carbonyl (C=O) groups excluding carboxylic acids is 11. The number of benzene rings is 1. The molecule has 19 N–H and O–H groups in total. The summed E-state index contributed by atoms with van der Waals surface area (Å²) in [4.78, 5) is 175. The third-order valence-corrected chi connectivity index (χ3v) is 17.6. The van der Waals surface area contributed by atoms with Crippen LogP contribution in [-0.2, 0) is 65.6 Å². The lowest BCUT2D eigenvalue weighted by Crippen LogP contribution is -2.61. The van der Waals surface area contributed by atoms with E-state index >= 15 is 9.59 Å². The number of likely N-dealkylation sites (tertiary alicyclic amines) is 1. The molecule has 105 heavy (non-hydrogen) atoms. The Balaban J connectivity index is 1.50. The monoisotopic (exact) mass is 1460 g/mol. The molecule has 0 radical (unpaired) electrons. The van der Waals surface area contributed by atoms with E-state index in [0.717, 1.165) is 25.7 Å². The topological polar surface area (TPSA) is 522 Å². The normalized spacial score (nSPS) is 16.7. The molecule has 0 saturated carbocycles. The molecular weight excluding hydrogens is 1350 g/mol. The Morgan fingerprint density at radius 3 is 1.75 bits per heavy atom. The number of guanidine groups is 2. The summed E-state index contributed by atoms with van der Waals surface area (Å²) in [5.74, 6) is -8.25. The fourth-order valence-electron chi connectivity index (χ4n) is 11.8. The van der Waals surface area contributed by atoms with Crippen molar-refractivity contribution in [2.24, 2.45) is 21.6 Å². The number of nitriles is 2. The van der Waals surface area contributed by atoms with E-state index in [1.165, 1.54) is 24.3 Å². The lowest BCUT2D eigenvalue weighted by Gasteiger charge is -2.31. The van der Waals surface area contributed by atoms with Crippen molar-refractivity contribution in [1.82, 2.24) is 94.3 Å². The number of fused-ring (bicyclic) bond motifs is 1. The molecule has 5 rings (SSSR count). The van der Waals surface area contributed by atoms with Crippen LogP contribution in [0.4, 0.5) is 0 Å². The van der Waals surface area contributed by atoms with Gasteiger partial charge in [-0.1, -0.05) is 72.6 Å². The van der Waals surface area contributed by atoms with Gasteiger partial charge < -0.3 is 89.5 Å². The number of nitrogens with one attached hydrogen (secondary N) is 16. The summed E-state index contributed by atoms with van der Waals surface area (Å²) in [6, 6.07) is -5.78. The van der Waals surface area contributed by atoms with Crippen LogP contribution in [0, 0.1) is 28.8 Å². The third kappa shape index (κ3) is 29.3. The maximum atomic E-state index is 15.1. The van der Waals surface area contributed by atoms with Crippen LogP contribution in [-0.4, -0.2) is 214 Å². The van der Waals surface area contributed by atoms with Gasteiger partial charge in [0.15, 0.2) is 12.4 Å². The molecule has 2 aliphatic rings. The highest BCUT2D eigenvalue weighted by molar-refractivity contribution is 6.00. The minimum atomic E-state index is -1.81. The molecule has 2 saturated heterocycles. The number of primary amides is 1. The molecule has 11 amide bonds. The van der Waals surface area contributed by atoms with Crippen molar-refractivity contribution in [2.75, 3.05) is 45.9 Å². The smallest absolute Gasteiger partial charge is 0.245 e. The van der Waals surface area contributed by atoms with E-state index in [1.807, 2.05) is 53.9 Å². The molecule has 35 heteroatoms. The quantitative estimate of drug-likeness (QED) is 0.0103. The second-order valence-electron chi connectivity index (χ2n) is 26.9. The van der Waals surface area contributed by atoms with Gasteiger partial charge in [0.1, 0.15) is 60.4 Å². The van der Waals surface area contributed by atoms with Gasteiger partial charge in [0, 0.05) is 87.0 Å². The first-order valence-corrected chi connectivity index (χ1v) is 36.5. The molecule has 2 fully saturated rings. The van der Waals surface area contributed by atoms with E-state index in [-0.39, 0.29) is 120 Å². The molecule has 2 aromatic heterocycles. The number of aliphatic hydroxyl groups is 1. The van der Waals surface area contributed by atoms with Gasteiger partial charge in [-0.05, 0) is 114 Å². The summed E-state index contributed by atoms with van der Waals surface area (Å²) >= 11 is 0. The fraction of sp³-hybridized carbons (Fsp3) is 0.629. The van der Waals surface area contributed by atoms with Crippen molar-refractivity contribution in [3.8, 4) is 12.4 Å². The Bertz CT molecular complexity index is 3490. The van der Waals surface area contributed by atoms with Crippen molar-refractivity contribution in [3.63, 3.8) is 0 Å². The maximum absolute atomic E-state index is 15.1. The highest BCUT2D eigenvalue weighted by Crippen LogP contribution is 2.23. The minimum absolute atomic E-state index is 0.00888. The second kappa shape index (κ2) is 45.6. The van der Waals surface area contributed by atoms with Crippen LogP contribution in [0.3, 0.4) is 0 Å². The van der Waals surface area contributed by atoms with Gasteiger partial charge in [0.25, 0.3) is 0 Å². The summed E-state index contributed by atoms with van der Waals surface area (Å²) in [6.07, 6.45) is 13.1. The largest absolute Gasteiger partial charge is 0.394 e. The van der Waals surface area contributed by atoms with Gasteiger partial charge in [-0.2, -0.15) is 10.5 Å². The van der Waals surface area contributed by atoms with E-state index in [4.69, 9.17) is 5.73 Å². The van der Waals surface area contributed by atoms with Crippen LogP contribution >= 0.6 is 0 Å². The van der Waals surface area contributed by atoms with Crippen molar-refractivity contribution in [2.45, 2.75) is 231 Å². The third-order valence-electron chi connectivity index (χ3n) is 17.6. The molecule has 0 unspecified atom stereocenters. The van der Waals surface area contributed by atoms with Gasteiger partial charge in [-0.15, -0.1) is 0 Å². The number of aromatic nitrogens is 3. The first kappa shape index (κ1) is 85.2. The van der Waals surface area contributed by atoms with Crippen molar-refractivity contribution in [1.29, 1.82) is 10.5 Å². The maximum Gasteiger partial charge on any atom is 0.245 e. The SMILES string of the molecule is CCCCNC(=NCCC[C@H](NC(=O)[C@H](CO)NC(=O)[C@H](Cc1c[nH]c2ccccc12)NC(=O)[C@H](Cc1cnc[nH]1)NC(=O)[C@@H]1CCC(=O)N1)C(=O)N[C@H](CCCN=C(NC#N)NCCCC)C(=O)N[C@@H](CC(C)C)C(=O)N[C@@H](CCCCNC(C)C)C(=O)N1CCC[C@H]1C(=O)N[C@H](C)C(N)=O)NC#N. The number of para-hydroxylation sites is 1. The van der Waals surface area contributed by atoms with Crippen molar-refractivity contribution < 1.29 is 57.8 Å². The number of carbonyl (C=O) groups is 11. The Hall–Kier alpha value is -10.4. The number of nitrogens with two attached hydrogens (primary N) is 1.